The molecule has 10 heteroatoms. The van der Waals surface area contributed by atoms with Gasteiger partial charge in [-0.1, -0.05) is 23.2 Å². The minimum atomic E-state index is -3.92. The average molecular weight is 319 g/mol. The van der Waals surface area contributed by atoms with Crippen LogP contribution in [0.4, 0.5) is 0 Å². The predicted octanol–water partition coefficient (Wildman–Crippen LogP) is 0.179. The molecular weight excluding hydrogens is 311 g/mol. The Balaban J connectivity index is 2.83. The molecule has 1 atom stereocenters. The van der Waals surface area contributed by atoms with Crippen molar-refractivity contribution in [3.63, 3.8) is 0 Å². The van der Waals surface area contributed by atoms with E-state index in [1.807, 2.05) is 4.72 Å². The fourth-order valence-corrected chi connectivity index (χ4v) is 4.06. The number of aliphatic hydroxyl groups is 1. The predicted molar refractivity (Wildman–Crippen MR) is 64.7 cm³/mol. The van der Waals surface area contributed by atoms with Gasteiger partial charge in [-0.2, -0.15) is 0 Å². The SMILES string of the molecule is NC(=O)C(O)CNS(=O)(=O)c1cc(Cl)sc1Cl. The summed E-state index contributed by atoms with van der Waals surface area (Å²) in [6, 6.07) is 1.17. The molecule has 4 N–H and O–H groups in total. The third-order valence-corrected chi connectivity index (χ3v) is 4.89. The lowest BCUT2D eigenvalue weighted by atomic mass is 10.3. The van der Waals surface area contributed by atoms with E-state index in [9.17, 15) is 13.2 Å². The quantitative estimate of drug-likeness (QED) is 0.719. The summed E-state index contributed by atoms with van der Waals surface area (Å²) in [4.78, 5) is 10.3. The highest BCUT2D eigenvalue weighted by Gasteiger charge is 2.22. The summed E-state index contributed by atoms with van der Waals surface area (Å²) in [6.07, 6.45) is -1.60. The number of halogens is 2. The van der Waals surface area contributed by atoms with Crippen molar-refractivity contribution < 1.29 is 18.3 Å². The lowest BCUT2D eigenvalue weighted by Crippen LogP contribution is -2.39. The highest BCUT2D eigenvalue weighted by Crippen LogP contribution is 2.33. The van der Waals surface area contributed by atoms with Crippen LogP contribution in [0.5, 0.6) is 0 Å². The van der Waals surface area contributed by atoms with Crippen LogP contribution in [0.1, 0.15) is 0 Å². The fraction of sp³-hybridized carbons (Fsp3) is 0.286. The van der Waals surface area contributed by atoms with Crippen LogP contribution in [-0.2, 0) is 14.8 Å². The number of amides is 1. The number of hydrogen-bond acceptors (Lipinski definition) is 5. The fourth-order valence-electron chi connectivity index (χ4n) is 0.875. The van der Waals surface area contributed by atoms with E-state index >= 15 is 0 Å². The Kier molecular flexibility index (Phi) is 4.76. The molecule has 1 heterocycles. The molecule has 0 saturated carbocycles. The Morgan fingerprint density at radius 2 is 2.18 bits per heavy atom. The Labute approximate surface area is 111 Å². The van der Waals surface area contributed by atoms with Crippen LogP contribution in [0.15, 0.2) is 11.0 Å². The molecule has 0 aliphatic carbocycles. The summed E-state index contributed by atoms with van der Waals surface area (Å²) in [5.41, 5.74) is 4.77. The molecule has 6 nitrogen and oxygen atoms in total. The highest BCUT2D eigenvalue weighted by atomic mass is 35.5. The molecule has 96 valence electrons. The first-order chi connectivity index (χ1) is 7.74. The van der Waals surface area contributed by atoms with Gasteiger partial charge < -0.3 is 10.8 Å². The molecule has 0 saturated heterocycles. The van der Waals surface area contributed by atoms with Crippen LogP contribution < -0.4 is 10.5 Å². The Bertz CT molecular complexity index is 528. The van der Waals surface area contributed by atoms with E-state index < -0.39 is 28.6 Å². The van der Waals surface area contributed by atoms with Crippen LogP contribution in [0.25, 0.3) is 0 Å². The normalized spacial score (nSPS) is 13.6. The zero-order chi connectivity index (χ0) is 13.2. The Morgan fingerprint density at radius 1 is 1.59 bits per heavy atom. The lowest BCUT2D eigenvalue weighted by Gasteiger charge is -2.08. The van der Waals surface area contributed by atoms with E-state index in [4.69, 9.17) is 34.0 Å². The minimum Gasteiger partial charge on any atom is -0.382 e. The van der Waals surface area contributed by atoms with Gasteiger partial charge in [0.15, 0.2) is 0 Å². The smallest absolute Gasteiger partial charge is 0.247 e. The molecule has 0 fully saturated rings. The highest BCUT2D eigenvalue weighted by molar-refractivity contribution is 7.89. The number of carbonyl (C=O) groups is 1. The molecule has 1 aromatic rings. The van der Waals surface area contributed by atoms with E-state index in [1.165, 1.54) is 6.07 Å². The largest absolute Gasteiger partial charge is 0.382 e. The number of nitrogens with two attached hydrogens (primary N) is 1. The van der Waals surface area contributed by atoms with Gasteiger partial charge in [-0.3, -0.25) is 4.79 Å². The standard InChI is InChI=1S/C7H8Cl2N2O4S2/c8-5-1-4(6(9)16-5)17(14,15)11-2-3(12)7(10)13/h1,3,11-12H,2H2,(H2,10,13). The molecule has 1 amide bonds. The van der Waals surface area contributed by atoms with Gasteiger partial charge in [-0.15, -0.1) is 11.3 Å². The van der Waals surface area contributed by atoms with Crippen LogP contribution in [0.2, 0.25) is 8.67 Å². The van der Waals surface area contributed by atoms with Gasteiger partial charge in [0.05, 0.1) is 4.34 Å². The second kappa shape index (κ2) is 5.51. The maximum atomic E-state index is 11.7. The number of aliphatic hydroxyl groups excluding tert-OH is 1. The first kappa shape index (κ1) is 14.7. The van der Waals surface area contributed by atoms with E-state index in [2.05, 4.69) is 0 Å². The third kappa shape index (κ3) is 3.80. The van der Waals surface area contributed by atoms with Gasteiger partial charge >= 0.3 is 0 Å². The molecule has 0 radical (unpaired) electrons. The van der Waals surface area contributed by atoms with E-state index in [0.717, 1.165) is 11.3 Å². The van der Waals surface area contributed by atoms with Crippen LogP contribution in [0.3, 0.4) is 0 Å². The van der Waals surface area contributed by atoms with Gasteiger partial charge in [0, 0.05) is 6.54 Å². The summed E-state index contributed by atoms with van der Waals surface area (Å²) >= 11 is 12.2. The van der Waals surface area contributed by atoms with Crippen molar-refractivity contribution in [3.8, 4) is 0 Å². The first-order valence-corrected chi connectivity index (χ1v) is 7.21. The van der Waals surface area contributed by atoms with Gasteiger partial charge in [-0.25, -0.2) is 13.1 Å². The molecule has 0 aromatic carbocycles. The number of sulfonamides is 1. The van der Waals surface area contributed by atoms with E-state index in [0.29, 0.717) is 0 Å². The van der Waals surface area contributed by atoms with Crippen LogP contribution >= 0.6 is 34.5 Å². The summed E-state index contributed by atoms with van der Waals surface area (Å²) in [5.74, 6) is -1.03. The zero-order valence-electron chi connectivity index (χ0n) is 8.18. The molecule has 17 heavy (non-hydrogen) atoms. The van der Waals surface area contributed by atoms with Crippen molar-refractivity contribution in [2.24, 2.45) is 5.73 Å². The molecule has 0 aliphatic heterocycles. The molecule has 0 bridgehead atoms. The number of primary amides is 1. The van der Waals surface area contributed by atoms with Crippen molar-refractivity contribution >= 4 is 50.5 Å². The van der Waals surface area contributed by atoms with Crippen LogP contribution in [-0.4, -0.2) is 32.1 Å². The van der Waals surface area contributed by atoms with Crippen molar-refractivity contribution in [2.45, 2.75) is 11.0 Å². The van der Waals surface area contributed by atoms with Gasteiger partial charge in [-0.05, 0) is 6.07 Å². The minimum absolute atomic E-state index is 0.00364. The topological polar surface area (TPSA) is 109 Å². The molecule has 0 spiro atoms. The molecule has 1 rings (SSSR count). The first-order valence-electron chi connectivity index (χ1n) is 4.16. The maximum Gasteiger partial charge on any atom is 0.247 e. The lowest BCUT2D eigenvalue weighted by molar-refractivity contribution is -0.125. The number of carbonyl (C=O) groups excluding carboxylic acids is 1. The summed E-state index contributed by atoms with van der Waals surface area (Å²) < 4.78 is 25.6. The average Bonchev–Trinajstić information content (AvgIpc) is 2.55. The Morgan fingerprint density at radius 3 is 2.59 bits per heavy atom. The molecule has 1 aromatic heterocycles. The van der Waals surface area contributed by atoms with E-state index in [-0.39, 0.29) is 13.6 Å². The molecule has 1 unspecified atom stereocenters. The number of nitrogens with one attached hydrogen (secondary N) is 1. The van der Waals surface area contributed by atoms with Crippen molar-refractivity contribution in [2.75, 3.05) is 6.54 Å². The zero-order valence-corrected chi connectivity index (χ0v) is 11.3. The van der Waals surface area contributed by atoms with Crippen LogP contribution in [0, 0.1) is 0 Å². The summed E-state index contributed by atoms with van der Waals surface area (Å²) in [7, 11) is -3.92. The van der Waals surface area contributed by atoms with Crippen molar-refractivity contribution in [3.05, 3.63) is 14.7 Å². The maximum absolute atomic E-state index is 11.7. The van der Waals surface area contributed by atoms with E-state index in [1.54, 1.807) is 0 Å². The van der Waals surface area contributed by atoms with Crippen molar-refractivity contribution in [1.29, 1.82) is 0 Å². The number of thiophene rings is 1. The summed E-state index contributed by atoms with van der Waals surface area (Å²) in [5, 5.41) is 9.05. The second-order valence-corrected chi connectivity index (χ2v) is 6.98. The summed E-state index contributed by atoms with van der Waals surface area (Å²) in [6.45, 7) is -0.526. The third-order valence-electron chi connectivity index (χ3n) is 1.71. The number of hydrogen-bond donors (Lipinski definition) is 3. The van der Waals surface area contributed by atoms with Gasteiger partial charge in [0.2, 0.25) is 15.9 Å². The Hall–Kier alpha value is -0.380. The van der Waals surface area contributed by atoms with Gasteiger partial charge in [0.25, 0.3) is 0 Å². The van der Waals surface area contributed by atoms with Gasteiger partial charge in [0.1, 0.15) is 15.3 Å². The molecular formula is C7H8Cl2N2O4S2. The molecule has 0 aliphatic rings. The number of rotatable bonds is 5. The second-order valence-electron chi connectivity index (χ2n) is 2.96. The monoisotopic (exact) mass is 318 g/mol. The van der Waals surface area contributed by atoms with Crippen molar-refractivity contribution in [1.82, 2.24) is 4.72 Å².